The molecule has 2 aromatic carbocycles. The van der Waals surface area contributed by atoms with E-state index in [4.69, 9.17) is 0 Å². The first-order valence-corrected chi connectivity index (χ1v) is 11.1. The van der Waals surface area contributed by atoms with Crippen LogP contribution in [-0.4, -0.2) is 0 Å². The molecule has 1 aliphatic carbocycles. The largest absolute Gasteiger partial charge is 0.203 e. The lowest BCUT2D eigenvalue weighted by atomic mass is 9.78. The molecule has 2 heteroatoms. The molecule has 0 nitrogen and oxygen atoms in total. The number of rotatable bonds is 8. The van der Waals surface area contributed by atoms with Crippen LogP contribution in [0.15, 0.2) is 36.4 Å². The predicted octanol–water partition coefficient (Wildman–Crippen LogP) is 8.26. The molecule has 0 saturated heterocycles. The van der Waals surface area contributed by atoms with Gasteiger partial charge in [-0.15, -0.1) is 0 Å². The number of halogens is 2. The second-order valence-corrected chi connectivity index (χ2v) is 8.68. The van der Waals surface area contributed by atoms with E-state index in [2.05, 4.69) is 19.1 Å². The summed E-state index contributed by atoms with van der Waals surface area (Å²) >= 11 is 0. The van der Waals surface area contributed by atoms with Gasteiger partial charge in [0.15, 0.2) is 11.6 Å². The molecular weight excluding hydrogens is 350 g/mol. The van der Waals surface area contributed by atoms with Gasteiger partial charge >= 0.3 is 0 Å². The summed E-state index contributed by atoms with van der Waals surface area (Å²) in [4.78, 5) is 0. The fourth-order valence-corrected chi connectivity index (χ4v) is 4.58. The molecule has 3 rings (SSSR count). The zero-order valence-electron chi connectivity index (χ0n) is 17.4. The van der Waals surface area contributed by atoms with Gasteiger partial charge in [0.05, 0.1) is 0 Å². The smallest absolute Gasteiger partial charge is 0.166 e. The highest BCUT2D eigenvalue weighted by atomic mass is 19.2. The Hall–Kier alpha value is -1.70. The van der Waals surface area contributed by atoms with Crippen molar-refractivity contribution in [3.63, 3.8) is 0 Å². The molecule has 0 amide bonds. The van der Waals surface area contributed by atoms with Crippen molar-refractivity contribution in [2.24, 2.45) is 11.8 Å². The van der Waals surface area contributed by atoms with Gasteiger partial charge in [0.25, 0.3) is 0 Å². The van der Waals surface area contributed by atoms with E-state index in [1.165, 1.54) is 63.4 Å². The first-order valence-electron chi connectivity index (χ1n) is 11.1. The average Bonchev–Trinajstić information content (AvgIpc) is 2.72. The minimum atomic E-state index is -0.747. The molecule has 1 fully saturated rings. The van der Waals surface area contributed by atoms with Gasteiger partial charge in [-0.1, -0.05) is 94.7 Å². The van der Waals surface area contributed by atoms with Crippen molar-refractivity contribution in [1.29, 1.82) is 0 Å². The monoisotopic (exact) mass is 384 g/mol. The Morgan fingerprint density at radius 1 is 0.786 bits per heavy atom. The molecule has 1 saturated carbocycles. The van der Waals surface area contributed by atoms with E-state index in [0.717, 1.165) is 23.8 Å². The van der Waals surface area contributed by atoms with Crippen LogP contribution in [0.3, 0.4) is 0 Å². The molecule has 152 valence electrons. The van der Waals surface area contributed by atoms with Gasteiger partial charge in [0.2, 0.25) is 0 Å². The molecule has 0 unspecified atom stereocenters. The summed E-state index contributed by atoms with van der Waals surface area (Å²) in [7, 11) is 0. The van der Waals surface area contributed by atoms with Crippen molar-refractivity contribution < 1.29 is 8.78 Å². The van der Waals surface area contributed by atoms with Gasteiger partial charge in [-0.2, -0.15) is 0 Å². The lowest BCUT2D eigenvalue weighted by Gasteiger charge is -2.28. The molecule has 2 aromatic rings. The summed E-state index contributed by atoms with van der Waals surface area (Å²) in [5, 5.41) is 0. The van der Waals surface area contributed by atoms with E-state index in [1.54, 1.807) is 19.1 Å². The maximum Gasteiger partial charge on any atom is 0.166 e. The van der Waals surface area contributed by atoms with Crippen LogP contribution in [0, 0.1) is 30.4 Å². The van der Waals surface area contributed by atoms with Gasteiger partial charge in [0, 0.05) is 5.56 Å². The van der Waals surface area contributed by atoms with Crippen molar-refractivity contribution >= 4 is 0 Å². The summed E-state index contributed by atoms with van der Waals surface area (Å²) in [6.07, 6.45) is 13.4. The zero-order chi connectivity index (χ0) is 19.9. The van der Waals surface area contributed by atoms with Crippen molar-refractivity contribution in [2.45, 2.75) is 78.1 Å². The van der Waals surface area contributed by atoms with Crippen LogP contribution >= 0.6 is 0 Å². The van der Waals surface area contributed by atoms with E-state index in [9.17, 15) is 8.78 Å². The normalized spacial score (nSPS) is 19.7. The molecule has 28 heavy (non-hydrogen) atoms. The number of unbranched alkanes of at least 4 members (excludes halogenated alkanes) is 2. The van der Waals surface area contributed by atoms with Crippen molar-refractivity contribution in [2.75, 3.05) is 0 Å². The quantitative estimate of drug-likeness (QED) is 0.402. The lowest BCUT2D eigenvalue weighted by Crippen LogP contribution is -2.15. The summed E-state index contributed by atoms with van der Waals surface area (Å²) in [5.41, 5.74) is 2.73. The number of benzene rings is 2. The molecule has 0 bridgehead atoms. The van der Waals surface area contributed by atoms with Crippen LogP contribution in [0.2, 0.25) is 0 Å². The SMILES string of the molecule is CCCCCC1CCC(CCc2ccc(-c3ccc(C)c(F)c3F)cc2)CC1. The highest BCUT2D eigenvalue weighted by molar-refractivity contribution is 5.65. The first-order chi connectivity index (χ1) is 13.6. The fraction of sp³-hybridized carbons (Fsp3) is 0.538. The number of hydrogen-bond donors (Lipinski definition) is 0. The van der Waals surface area contributed by atoms with E-state index in [1.807, 2.05) is 12.1 Å². The van der Waals surface area contributed by atoms with Crippen LogP contribution in [0.4, 0.5) is 8.78 Å². The van der Waals surface area contributed by atoms with Gasteiger partial charge < -0.3 is 0 Å². The molecule has 0 radical (unpaired) electrons. The van der Waals surface area contributed by atoms with E-state index in [-0.39, 0.29) is 0 Å². The Balaban J connectivity index is 1.49. The number of hydrogen-bond acceptors (Lipinski definition) is 0. The molecule has 0 N–H and O–H groups in total. The highest BCUT2D eigenvalue weighted by Crippen LogP contribution is 2.34. The molecule has 0 aliphatic heterocycles. The minimum Gasteiger partial charge on any atom is -0.203 e. The van der Waals surface area contributed by atoms with Gasteiger partial charge in [-0.25, -0.2) is 8.78 Å². The van der Waals surface area contributed by atoms with Crippen molar-refractivity contribution in [1.82, 2.24) is 0 Å². The number of aryl methyl sites for hydroxylation is 2. The van der Waals surface area contributed by atoms with Crippen LogP contribution in [0.5, 0.6) is 0 Å². The third-order valence-corrected chi connectivity index (χ3v) is 6.56. The summed E-state index contributed by atoms with van der Waals surface area (Å²) in [6.45, 7) is 3.86. The topological polar surface area (TPSA) is 0 Å². The maximum absolute atomic E-state index is 14.2. The Bertz CT molecular complexity index is 740. The predicted molar refractivity (Wildman–Crippen MR) is 114 cm³/mol. The second-order valence-electron chi connectivity index (χ2n) is 8.68. The third-order valence-electron chi connectivity index (χ3n) is 6.56. The maximum atomic E-state index is 14.2. The van der Waals surface area contributed by atoms with Crippen LogP contribution in [-0.2, 0) is 6.42 Å². The Morgan fingerprint density at radius 3 is 2.07 bits per heavy atom. The highest BCUT2D eigenvalue weighted by Gasteiger charge is 2.20. The fourth-order valence-electron chi connectivity index (χ4n) is 4.58. The van der Waals surface area contributed by atoms with Crippen molar-refractivity contribution in [3.8, 4) is 11.1 Å². The van der Waals surface area contributed by atoms with E-state index >= 15 is 0 Å². The van der Waals surface area contributed by atoms with E-state index < -0.39 is 11.6 Å². The van der Waals surface area contributed by atoms with Crippen LogP contribution < -0.4 is 0 Å². The van der Waals surface area contributed by atoms with Crippen LogP contribution in [0.1, 0.15) is 75.8 Å². The first kappa shape index (κ1) is 21.0. The molecule has 0 aromatic heterocycles. The lowest BCUT2D eigenvalue weighted by molar-refractivity contribution is 0.249. The molecular formula is C26H34F2. The molecule has 0 spiro atoms. The van der Waals surface area contributed by atoms with Crippen LogP contribution in [0.25, 0.3) is 11.1 Å². The summed E-state index contributed by atoms with van der Waals surface area (Å²) in [5.74, 6) is 0.327. The molecule has 0 heterocycles. The molecule has 0 atom stereocenters. The molecule has 1 aliphatic rings. The standard InChI is InChI=1S/C26H34F2/c1-3-4-5-6-20-8-10-21(11-9-20)12-13-22-14-16-23(17-15-22)24-18-7-19(2)25(27)26(24)28/h7,14-18,20-21H,3-6,8-13H2,1-2H3. The third kappa shape index (κ3) is 5.43. The minimum absolute atomic E-state index is 0.344. The summed E-state index contributed by atoms with van der Waals surface area (Å²) < 4.78 is 28.0. The van der Waals surface area contributed by atoms with Gasteiger partial charge in [0.1, 0.15) is 0 Å². The van der Waals surface area contributed by atoms with Gasteiger partial charge in [-0.05, 0) is 48.3 Å². The Kier molecular flexibility index (Phi) is 7.65. The Morgan fingerprint density at radius 2 is 1.43 bits per heavy atom. The summed E-state index contributed by atoms with van der Waals surface area (Å²) in [6, 6.07) is 11.3. The second kappa shape index (κ2) is 10.2. The zero-order valence-corrected chi connectivity index (χ0v) is 17.4. The van der Waals surface area contributed by atoms with Crippen molar-refractivity contribution in [3.05, 3.63) is 59.2 Å². The van der Waals surface area contributed by atoms with E-state index in [0.29, 0.717) is 11.1 Å². The Labute approximate surface area is 169 Å². The average molecular weight is 385 g/mol. The van der Waals surface area contributed by atoms with Gasteiger partial charge in [-0.3, -0.25) is 0 Å².